The molecular formula is C16H26S2Sn2. The van der Waals surface area contributed by atoms with Crippen LogP contribution in [0, 0.1) is 0 Å². The molecule has 2 aromatic heterocycles. The van der Waals surface area contributed by atoms with Gasteiger partial charge in [0.15, 0.2) is 0 Å². The molecule has 0 amide bonds. The fourth-order valence-electron chi connectivity index (χ4n) is 2.13. The van der Waals surface area contributed by atoms with E-state index in [9.17, 15) is 0 Å². The molecule has 0 aliphatic rings. The van der Waals surface area contributed by atoms with Gasteiger partial charge in [0.25, 0.3) is 0 Å². The normalized spacial score (nSPS) is 12.9. The second kappa shape index (κ2) is 6.24. The van der Waals surface area contributed by atoms with Crippen LogP contribution in [0.5, 0.6) is 0 Å². The van der Waals surface area contributed by atoms with Crippen molar-refractivity contribution in [3.63, 3.8) is 0 Å². The standard InChI is InChI=1S/C10H8S2.6CH3.2Sn/c1-2-8-5-7-12-10(8)9-4-3-6-11-9;;;;;;;;/h3-5H,2H2,1H3;6*1H3;;. The van der Waals surface area contributed by atoms with Crippen molar-refractivity contribution in [1.82, 2.24) is 0 Å². The summed E-state index contributed by atoms with van der Waals surface area (Å²) >= 11 is 0.343. The molecule has 2 rings (SSSR count). The molecule has 0 nitrogen and oxygen atoms in total. The van der Waals surface area contributed by atoms with Crippen molar-refractivity contribution in [3.8, 4) is 9.75 Å². The van der Waals surface area contributed by atoms with Crippen LogP contribution < -0.4 is 5.79 Å². The van der Waals surface area contributed by atoms with Gasteiger partial charge in [-0.05, 0) is 0 Å². The first-order valence-electron chi connectivity index (χ1n) is 7.37. The maximum absolute atomic E-state index is 2.52. The van der Waals surface area contributed by atoms with Gasteiger partial charge < -0.3 is 0 Å². The number of rotatable bonds is 4. The molecule has 0 fully saturated rings. The molecular weight excluding hydrogens is 494 g/mol. The summed E-state index contributed by atoms with van der Waals surface area (Å²) in [5.74, 6) is 0. The van der Waals surface area contributed by atoms with Gasteiger partial charge in [0.05, 0.1) is 0 Å². The topological polar surface area (TPSA) is 0 Å². The Morgan fingerprint density at radius 1 is 0.850 bits per heavy atom. The van der Waals surface area contributed by atoms with Crippen LogP contribution in [0.1, 0.15) is 12.5 Å². The van der Waals surface area contributed by atoms with Crippen molar-refractivity contribution < 1.29 is 0 Å². The summed E-state index contributed by atoms with van der Waals surface area (Å²) in [5.41, 5.74) is 1.58. The van der Waals surface area contributed by atoms with E-state index in [4.69, 9.17) is 0 Å². The van der Waals surface area contributed by atoms with Crippen LogP contribution in [0.3, 0.4) is 0 Å². The monoisotopic (exact) mass is 522 g/mol. The van der Waals surface area contributed by atoms with Crippen LogP contribution in [-0.2, 0) is 6.42 Å². The van der Waals surface area contributed by atoms with Crippen molar-refractivity contribution in [1.29, 1.82) is 0 Å². The van der Waals surface area contributed by atoms with Crippen LogP contribution in [0.25, 0.3) is 9.75 Å². The van der Waals surface area contributed by atoms with E-state index in [0.717, 1.165) is 0 Å². The molecule has 0 radical (unpaired) electrons. The Bertz CT molecular complexity index is 595. The summed E-state index contributed by atoms with van der Waals surface area (Å²) in [4.78, 5) is 18.2. The second-order valence-electron chi connectivity index (χ2n) is 7.48. The Kier molecular flexibility index (Phi) is 5.42. The van der Waals surface area contributed by atoms with Crippen molar-refractivity contribution in [2.24, 2.45) is 0 Å². The molecule has 2 aromatic rings. The Balaban J connectivity index is 2.47. The summed E-state index contributed by atoms with van der Waals surface area (Å²) in [6.07, 6.45) is 1.17. The average molecular weight is 520 g/mol. The SMILES string of the molecule is CCc1c[c]([Sn]([CH3])([CH3])[CH3])sc1-c1cc[c]([Sn]([CH3])([CH3])[CH3])s1. The van der Waals surface area contributed by atoms with Gasteiger partial charge in [-0.3, -0.25) is 0 Å². The van der Waals surface area contributed by atoms with Gasteiger partial charge in [-0.25, -0.2) is 0 Å². The first kappa shape index (κ1) is 17.4. The van der Waals surface area contributed by atoms with Crippen molar-refractivity contribution >= 4 is 65.2 Å². The fraction of sp³-hybridized carbons (Fsp3) is 0.500. The Morgan fingerprint density at radius 2 is 1.45 bits per heavy atom. The number of aryl methyl sites for hydroxylation is 1. The van der Waals surface area contributed by atoms with Crippen molar-refractivity contribution in [3.05, 3.63) is 23.8 Å². The molecule has 0 aliphatic carbocycles. The van der Waals surface area contributed by atoms with Crippen LogP contribution in [0.2, 0.25) is 29.6 Å². The fourth-order valence-corrected chi connectivity index (χ4v) is 15.1. The molecule has 0 atom stereocenters. The Hall–Kier alpha value is 0.997. The molecule has 20 heavy (non-hydrogen) atoms. The maximum atomic E-state index is 2.52. The molecule has 0 saturated carbocycles. The summed E-state index contributed by atoms with van der Waals surface area (Å²) in [7, 11) is 0. The van der Waals surface area contributed by atoms with E-state index in [1.54, 1.807) is 16.2 Å². The van der Waals surface area contributed by atoms with E-state index >= 15 is 0 Å². The molecule has 4 heteroatoms. The zero-order chi connectivity index (χ0) is 15.1. The van der Waals surface area contributed by atoms with E-state index in [1.165, 1.54) is 11.3 Å². The molecule has 0 unspecified atom stereocenters. The van der Waals surface area contributed by atoms with Gasteiger partial charge in [0, 0.05) is 0 Å². The van der Waals surface area contributed by atoms with E-state index in [0.29, 0.717) is 0 Å². The Morgan fingerprint density at radius 3 is 1.90 bits per heavy atom. The Labute approximate surface area is 140 Å². The van der Waals surface area contributed by atoms with Crippen molar-refractivity contribution in [2.75, 3.05) is 0 Å². The molecule has 2 heterocycles. The first-order chi connectivity index (χ1) is 9.13. The molecule has 0 aliphatic heterocycles. The van der Waals surface area contributed by atoms with Gasteiger partial charge in [0.2, 0.25) is 0 Å². The molecule has 0 bridgehead atoms. The molecule has 0 saturated heterocycles. The quantitative estimate of drug-likeness (QED) is 0.491. The van der Waals surface area contributed by atoms with E-state index in [1.807, 2.05) is 0 Å². The predicted octanol–water partition coefficient (Wildman–Crippen LogP) is 5.13. The zero-order valence-corrected chi connectivity index (χ0v) is 21.1. The van der Waals surface area contributed by atoms with Gasteiger partial charge in [-0.15, -0.1) is 0 Å². The predicted molar refractivity (Wildman–Crippen MR) is 103 cm³/mol. The minimum absolute atomic E-state index is 1.17. The summed E-state index contributed by atoms with van der Waals surface area (Å²) in [5, 5.41) is 0. The van der Waals surface area contributed by atoms with E-state index in [2.05, 4.69) is 77.4 Å². The van der Waals surface area contributed by atoms with Crippen LogP contribution in [0.4, 0.5) is 0 Å². The minimum atomic E-state index is -1.93. The van der Waals surface area contributed by atoms with Crippen molar-refractivity contribution in [2.45, 2.75) is 43.0 Å². The zero-order valence-electron chi connectivity index (χ0n) is 13.8. The second-order valence-corrected chi connectivity index (χ2v) is 40.4. The van der Waals surface area contributed by atoms with Crippen LogP contribution in [-0.4, -0.2) is 36.8 Å². The molecule has 0 N–H and O–H groups in total. The van der Waals surface area contributed by atoms with Gasteiger partial charge in [-0.1, -0.05) is 0 Å². The van der Waals surface area contributed by atoms with E-state index < -0.39 is 36.8 Å². The third-order valence-corrected chi connectivity index (χ3v) is 24.9. The van der Waals surface area contributed by atoms with Gasteiger partial charge in [0.1, 0.15) is 0 Å². The van der Waals surface area contributed by atoms with E-state index in [-0.39, 0.29) is 0 Å². The molecule has 0 aromatic carbocycles. The number of hydrogen-bond acceptors (Lipinski definition) is 2. The van der Waals surface area contributed by atoms with Gasteiger partial charge >= 0.3 is 142 Å². The number of thiophene rings is 2. The first-order valence-corrected chi connectivity index (χ1v) is 29.0. The molecule has 110 valence electrons. The summed E-state index contributed by atoms with van der Waals surface area (Å²) < 4.78 is 3.42. The van der Waals surface area contributed by atoms with Gasteiger partial charge in [-0.2, -0.15) is 0 Å². The summed E-state index contributed by atoms with van der Waals surface area (Å²) in [6, 6.07) is 7.32. The third kappa shape index (κ3) is 3.85. The molecule has 0 spiro atoms. The third-order valence-electron chi connectivity index (χ3n) is 3.50. The van der Waals surface area contributed by atoms with Crippen LogP contribution in [0.15, 0.2) is 18.2 Å². The number of hydrogen-bond donors (Lipinski definition) is 0. The van der Waals surface area contributed by atoms with Crippen LogP contribution >= 0.6 is 22.7 Å². The summed E-state index contributed by atoms with van der Waals surface area (Å²) in [6.45, 7) is 2.30. The average Bonchev–Trinajstić information content (AvgIpc) is 2.93.